The number of hydrogen-bond acceptors (Lipinski definition) is 6. The molecular weight excluding hydrogens is 494 g/mol. The summed E-state index contributed by atoms with van der Waals surface area (Å²) in [7, 11) is 3.41. The minimum Gasteiger partial charge on any atom is -0.375 e. The van der Waals surface area contributed by atoms with E-state index >= 15 is 0 Å². The van der Waals surface area contributed by atoms with E-state index in [0.29, 0.717) is 45.4 Å². The molecule has 0 aliphatic heterocycles. The fourth-order valence-corrected chi connectivity index (χ4v) is 5.46. The van der Waals surface area contributed by atoms with Crippen LogP contribution in [0.5, 0.6) is 0 Å². The van der Waals surface area contributed by atoms with Crippen LogP contribution in [0.1, 0.15) is 108 Å². The Kier molecular flexibility index (Phi) is 19.8. The number of carbonyl (C=O) groups excluding carboxylic acids is 3. The average Bonchev–Trinajstić information content (AvgIpc) is 2.76. The monoisotopic (exact) mass is 549 g/mol. The summed E-state index contributed by atoms with van der Waals surface area (Å²) in [4.78, 5) is 36.1. The van der Waals surface area contributed by atoms with Crippen molar-refractivity contribution in [3.05, 3.63) is 0 Å². The van der Waals surface area contributed by atoms with E-state index in [9.17, 15) is 14.4 Å². The predicted octanol–water partition coefficient (Wildman–Crippen LogP) is 5.72. The molecule has 9 heteroatoms. The SMILES string of the molecule is CC.CCNC(=O)CCC(C)(C)SSCCC(=O)NCCC(C)(C)OCCC(C)(C)C(=O)NC(C)C. The molecule has 0 radical (unpaired) electrons. The van der Waals surface area contributed by atoms with E-state index in [1.54, 1.807) is 21.6 Å². The van der Waals surface area contributed by atoms with Crippen LogP contribution in [0, 0.1) is 5.41 Å². The standard InChI is InChI=1S/C25H49N3O4S2.C2H6/c1-10-26-20(29)11-13-25(8,9)34-33-18-12-21(30)27-16-14-24(6,7)32-17-15-23(4,5)22(31)28-19(2)3;1-2/h19H,10-18H2,1-9H3,(H,26,29)(H,27,30)(H,28,31);1-2H3. The number of hydrogen-bond donors (Lipinski definition) is 3. The van der Waals surface area contributed by atoms with Crippen molar-refractivity contribution < 1.29 is 19.1 Å². The Morgan fingerprint density at radius 3 is 2.00 bits per heavy atom. The second-order valence-electron chi connectivity index (χ2n) is 10.8. The summed E-state index contributed by atoms with van der Waals surface area (Å²) >= 11 is 0. The topological polar surface area (TPSA) is 96.5 Å². The Hall–Kier alpha value is -0.930. The van der Waals surface area contributed by atoms with Crippen molar-refractivity contribution in [1.82, 2.24) is 16.0 Å². The third-order valence-corrected chi connectivity index (χ3v) is 8.68. The molecule has 0 heterocycles. The highest BCUT2D eigenvalue weighted by molar-refractivity contribution is 8.77. The summed E-state index contributed by atoms with van der Waals surface area (Å²) in [6, 6.07) is 0.120. The first kappa shape index (κ1) is 37.2. The van der Waals surface area contributed by atoms with Crippen molar-refractivity contribution in [2.24, 2.45) is 5.41 Å². The molecule has 0 aliphatic rings. The second-order valence-corrected chi connectivity index (χ2v) is 14.0. The van der Waals surface area contributed by atoms with E-state index in [1.165, 1.54) is 0 Å². The first-order chi connectivity index (χ1) is 16.6. The zero-order chi connectivity index (χ0) is 28.4. The molecule has 36 heavy (non-hydrogen) atoms. The molecule has 0 rings (SSSR count). The lowest BCUT2D eigenvalue weighted by Gasteiger charge is -2.29. The van der Waals surface area contributed by atoms with Gasteiger partial charge in [0.05, 0.1) is 5.60 Å². The van der Waals surface area contributed by atoms with Gasteiger partial charge in [-0.1, -0.05) is 49.3 Å². The molecule has 0 atom stereocenters. The lowest BCUT2D eigenvalue weighted by molar-refractivity contribution is -0.132. The molecule has 0 aromatic rings. The molecule has 0 spiro atoms. The fraction of sp³-hybridized carbons (Fsp3) is 0.889. The van der Waals surface area contributed by atoms with Gasteiger partial charge < -0.3 is 20.7 Å². The van der Waals surface area contributed by atoms with Gasteiger partial charge in [-0.15, -0.1) is 0 Å². The van der Waals surface area contributed by atoms with Gasteiger partial charge in [0, 0.05) is 54.5 Å². The van der Waals surface area contributed by atoms with Crippen molar-refractivity contribution in [1.29, 1.82) is 0 Å². The van der Waals surface area contributed by atoms with Crippen molar-refractivity contribution in [3.63, 3.8) is 0 Å². The van der Waals surface area contributed by atoms with E-state index in [1.807, 2.05) is 62.3 Å². The second kappa shape index (κ2) is 19.2. The Morgan fingerprint density at radius 1 is 0.861 bits per heavy atom. The smallest absolute Gasteiger partial charge is 0.225 e. The normalized spacial score (nSPS) is 12.0. The molecule has 7 nitrogen and oxygen atoms in total. The van der Waals surface area contributed by atoms with Crippen LogP contribution in [-0.4, -0.2) is 59.6 Å². The zero-order valence-electron chi connectivity index (χ0n) is 24.9. The van der Waals surface area contributed by atoms with E-state index in [-0.39, 0.29) is 34.1 Å². The summed E-state index contributed by atoms with van der Waals surface area (Å²) in [5.41, 5.74) is -0.864. The van der Waals surface area contributed by atoms with Crippen LogP contribution in [-0.2, 0) is 19.1 Å². The minimum absolute atomic E-state index is 0.0163. The van der Waals surface area contributed by atoms with Gasteiger partial charge in [-0.25, -0.2) is 0 Å². The van der Waals surface area contributed by atoms with Crippen LogP contribution in [0.25, 0.3) is 0 Å². The Bertz CT molecular complexity index is 639. The lowest BCUT2D eigenvalue weighted by Crippen LogP contribution is -2.41. The molecule has 0 saturated carbocycles. The van der Waals surface area contributed by atoms with Crippen LogP contribution in [0.15, 0.2) is 0 Å². The maximum atomic E-state index is 12.3. The Labute approximate surface area is 229 Å². The summed E-state index contributed by atoms with van der Waals surface area (Å²) in [6.45, 7) is 23.7. The summed E-state index contributed by atoms with van der Waals surface area (Å²) in [5, 5.41) is 8.76. The van der Waals surface area contributed by atoms with Crippen LogP contribution < -0.4 is 16.0 Å². The maximum absolute atomic E-state index is 12.3. The lowest BCUT2D eigenvalue weighted by atomic mass is 9.88. The molecule has 0 fully saturated rings. The van der Waals surface area contributed by atoms with Crippen LogP contribution >= 0.6 is 21.6 Å². The van der Waals surface area contributed by atoms with Gasteiger partial charge >= 0.3 is 0 Å². The average molecular weight is 550 g/mol. The number of ether oxygens (including phenoxy) is 1. The van der Waals surface area contributed by atoms with E-state index in [4.69, 9.17) is 4.74 Å². The highest BCUT2D eigenvalue weighted by Gasteiger charge is 2.29. The van der Waals surface area contributed by atoms with Crippen molar-refractivity contribution in [3.8, 4) is 0 Å². The Morgan fingerprint density at radius 2 is 1.44 bits per heavy atom. The van der Waals surface area contributed by atoms with Gasteiger partial charge in [-0.05, 0) is 67.7 Å². The first-order valence-corrected chi connectivity index (χ1v) is 15.7. The summed E-state index contributed by atoms with van der Waals surface area (Å²) in [5.74, 6) is 0.898. The van der Waals surface area contributed by atoms with Crippen LogP contribution in [0.3, 0.4) is 0 Å². The van der Waals surface area contributed by atoms with E-state index in [0.717, 1.165) is 12.2 Å². The third-order valence-electron chi connectivity index (χ3n) is 5.33. The van der Waals surface area contributed by atoms with E-state index < -0.39 is 5.41 Å². The molecular formula is C27H55N3O4S2. The zero-order valence-corrected chi connectivity index (χ0v) is 26.5. The largest absolute Gasteiger partial charge is 0.375 e. The van der Waals surface area contributed by atoms with Crippen molar-refractivity contribution in [2.45, 2.75) is 125 Å². The van der Waals surface area contributed by atoms with Gasteiger partial charge in [-0.2, -0.15) is 0 Å². The van der Waals surface area contributed by atoms with Gasteiger partial charge in [0.25, 0.3) is 0 Å². The van der Waals surface area contributed by atoms with Gasteiger partial charge in [0.2, 0.25) is 17.7 Å². The molecule has 214 valence electrons. The molecule has 0 bridgehead atoms. The molecule has 0 saturated heterocycles. The van der Waals surface area contributed by atoms with Gasteiger partial charge in [-0.3, -0.25) is 14.4 Å². The third kappa shape index (κ3) is 20.2. The summed E-state index contributed by atoms with van der Waals surface area (Å²) in [6.07, 6.45) is 3.12. The quantitative estimate of drug-likeness (QED) is 0.149. The minimum atomic E-state index is -0.485. The fourth-order valence-electron chi connectivity index (χ4n) is 2.89. The highest BCUT2D eigenvalue weighted by Crippen LogP contribution is 2.39. The summed E-state index contributed by atoms with van der Waals surface area (Å²) < 4.78 is 6.01. The number of nitrogens with one attached hydrogen (secondary N) is 3. The first-order valence-electron chi connectivity index (χ1n) is 13.4. The van der Waals surface area contributed by atoms with Crippen LogP contribution in [0.2, 0.25) is 0 Å². The number of carbonyl (C=O) groups is 3. The van der Waals surface area contributed by atoms with Crippen molar-refractivity contribution in [2.75, 3.05) is 25.4 Å². The Balaban J connectivity index is 0. The van der Waals surface area contributed by atoms with Gasteiger partial charge in [0.1, 0.15) is 0 Å². The predicted molar refractivity (Wildman–Crippen MR) is 157 cm³/mol. The van der Waals surface area contributed by atoms with Crippen molar-refractivity contribution >= 4 is 39.3 Å². The molecule has 0 aromatic heterocycles. The molecule has 3 amide bonds. The van der Waals surface area contributed by atoms with Gasteiger partial charge in [0.15, 0.2) is 0 Å². The molecule has 3 N–H and O–H groups in total. The molecule has 0 unspecified atom stereocenters. The molecule has 0 aliphatic carbocycles. The molecule has 0 aromatic carbocycles. The highest BCUT2D eigenvalue weighted by atomic mass is 33.1. The van der Waals surface area contributed by atoms with Crippen LogP contribution in [0.4, 0.5) is 0 Å². The maximum Gasteiger partial charge on any atom is 0.225 e. The van der Waals surface area contributed by atoms with E-state index in [2.05, 4.69) is 29.8 Å². The number of rotatable bonds is 18. The number of amides is 3.